The molecule has 108 valence electrons. The fraction of sp³-hybridized carbons (Fsp3) is 0.571. The van der Waals surface area contributed by atoms with Crippen molar-refractivity contribution in [2.45, 2.75) is 12.8 Å². The first-order valence-electron chi connectivity index (χ1n) is 6.44. The van der Waals surface area contributed by atoms with Crippen molar-refractivity contribution < 1.29 is 14.2 Å². The van der Waals surface area contributed by atoms with E-state index in [1.54, 1.807) is 7.11 Å². The Hall–Kier alpha value is -0.970. The Balaban J connectivity index is 2.37. The number of methoxy groups -OCH3 is 1. The number of hydrogen-bond acceptors (Lipinski definition) is 4. The normalized spacial score (nSPS) is 10.5. The molecule has 0 radical (unpaired) electrons. The molecule has 0 saturated carbocycles. The van der Waals surface area contributed by atoms with E-state index in [0.717, 1.165) is 23.5 Å². The number of halogens is 1. The van der Waals surface area contributed by atoms with Gasteiger partial charge in [0.25, 0.3) is 0 Å². The van der Waals surface area contributed by atoms with Crippen LogP contribution >= 0.6 is 11.6 Å². The highest BCUT2D eigenvalue weighted by molar-refractivity contribution is 6.17. The quantitative estimate of drug-likeness (QED) is 0.531. The molecule has 0 saturated heterocycles. The van der Waals surface area contributed by atoms with E-state index in [1.807, 2.05) is 25.1 Å². The second kappa shape index (κ2) is 9.89. The maximum atomic E-state index is 5.91. The van der Waals surface area contributed by atoms with Gasteiger partial charge in [-0.05, 0) is 25.1 Å². The van der Waals surface area contributed by atoms with E-state index in [1.165, 1.54) is 0 Å². The van der Waals surface area contributed by atoms with Gasteiger partial charge in [-0.3, -0.25) is 0 Å². The molecule has 1 N–H and O–H groups in total. The molecule has 1 aromatic carbocycles. The van der Waals surface area contributed by atoms with Crippen LogP contribution in [0.25, 0.3) is 0 Å². The minimum absolute atomic E-state index is 0.440. The highest BCUT2D eigenvalue weighted by atomic mass is 35.5. The molecule has 4 nitrogen and oxygen atoms in total. The van der Waals surface area contributed by atoms with Crippen molar-refractivity contribution in [2.24, 2.45) is 0 Å². The molecule has 0 spiro atoms. The van der Waals surface area contributed by atoms with E-state index in [9.17, 15) is 0 Å². The number of rotatable bonds is 10. The Morgan fingerprint density at radius 2 is 2.05 bits per heavy atom. The van der Waals surface area contributed by atoms with Crippen molar-refractivity contribution in [3.8, 4) is 5.75 Å². The summed E-state index contributed by atoms with van der Waals surface area (Å²) in [5.74, 6) is 1.29. The smallest absolute Gasteiger partial charge is 0.123 e. The fourth-order valence-corrected chi connectivity index (χ4v) is 1.81. The summed E-state index contributed by atoms with van der Waals surface area (Å²) in [4.78, 5) is 0. The van der Waals surface area contributed by atoms with E-state index in [0.29, 0.717) is 32.3 Å². The average Bonchev–Trinajstić information content (AvgIpc) is 2.44. The molecule has 5 heteroatoms. The lowest BCUT2D eigenvalue weighted by Crippen LogP contribution is -2.12. The lowest BCUT2D eigenvalue weighted by atomic mass is 10.2. The summed E-state index contributed by atoms with van der Waals surface area (Å²) in [6.45, 7) is 5.24. The van der Waals surface area contributed by atoms with Crippen LogP contribution in [0.2, 0.25) is 0 Å². The SMILES string of the molecule is CCOc1ccc(NCCOCCOC)cc1CCl. The summed E-state index contributed by atoms with van der Waals surface area (Å²) in [6, 6.07) is 5.93. The molecular formula is C14H22ClNO3. The molecule has 0 unspecified atom stereocenters. The number of nitrogens with one attached hydrogen (secondary N) is 1. The van der Waals surface area contributed by atoms with E-state index >= 15 is 0 Å². The van der Waals surface area contributed by atoms with Gasteiger partial charge in [-0.15, -0.1) is 11.6 Å². The topological polar surface area (TPSA) is 39.7 Å². The van der Waals surface area contributed by atoms with E-state index in [2.05, 4.69) is 5.32 Å². The Bertz CT molecular complexity index is 361. The molecule has 0 aromatic heterocycles. The third-order valence-electron chi connectivity index (χ3n) is 2.51. The lowest BCUT2D eigenvalue weighted by Gasteiger charge is -2.12. The van der Waals surface area contributed by atoms with Crippen molar-refractivity contribution in [2.75, 3.05) is 45.4 Å². The van der Waals surface area contributed by atoms with Crippen molar-refractivity contribution in [1.82, 2.24) is 0 Å². The zero-order chi connectivity index (χ0) is 13.9. The van der Waals surface area contributed by atoms with Crippen LogP contribution in [0.15, 0.2) is 18.2 Å². The highest BCUT2D eigenvalue weighted by Crippen LogP contribution is 2.24. The molecule has 0 bridgehead atoms. The second-order valence-corrected chi connectivity index (χ2v) is 4.19. The minimum Gasteiger partial charge on any atom is -0.494 e. The van der Waals surface area contributed by atoms with Crippen LogP contribution in [0.4, 0.5) is 5.69 Å². The largest absolute Gasteiger partial charge is 0.494 e. The summed E-state index contributed by atoms with van der Waals surface area (Å²) in [6.07, 6.45) is 0. The average molecular weight is 288 g/mol. The van der Waals surface area contributed by atoms with Gasteiger partial charge < -0.3 is 19.5 Å². The van der Waals surface area contributed by atoms with Gasteiger partial charge in [-0.1, -0.05) is 0 Å². The van der Waals surface area contributed by atoms with Gasteiger partial charge >= 0.3 is 0 Å². The summed E-state index contributed by atoms with van der Waals surface area (Å²) in [7, 11) is 1.66. The van der Waals surface area contributed by atoms with Crippen LogP contribution in [0, 0.1) is 0 Å². The molecule has 0 amide bonds. The molecule has 1 rings (SSSR count). The zero-order valence-electron chi connectivity index (χ0n) is 11.6. The Morgan fingerprint density at radius 1 is 1.21 bits per heavy atom. The van der Waals surface area contributed by atoms with E-state index < -0.39 is 0 Å². The van der Waals surface area contributed by atoms with Crippen LogP contribution in [0.3, 0.4) is 0 Å². The fourth-order valence-electron chi connectivity index (χ4n) is 1.60. The van der Waals surface area contributed by atoms with E-state index in [4.69, 9.17) is 25.8 Å². The number of alkyl halides is 1. The molecule has 0 aliphatic carbocycles. The molecular weight excluding hydrogens is 266 g/mol. The number of benzene rings is 1. The van der Waals surface area contributed by atoms with E-state index in [-0.39, 0.29) is 0 Å². The molecule has 0 aliphatic heterocycles. The van der Waals surface area contributed by atoms with Crippen LogP contribution in [-0.2, 0) is 15.4 Å². The Morgan fingerprint density at radius 3 is 2.74 bits per heavy atom. The molecule has 0 heterocycles. The number of ether oxygens (including phenoxy) is 3. The van der Waals surface area contributed by atoms with Gasteiger partial charge in [0.05, 0.1) is 32.3 Å². The summed E-state index contributed by atoms with van der Waals surface area (Å²) >= 11 is 5.91. The van der Waals surface area contributed by atoms with Crippen molar-refractivity contribution in [3.63, 3.8) is 0 Å². The van der Waals surface area contributed by atoms with Crippen molar-refractivity contribution in [1.29, 1.82) is 0 Å². The predicted octanol–water partition coefficient (Wildman–Crippen LogP) is 2.90. The standard InChI is InChI=1S/C14H22ClNO3/c1-3-19-14-5-4-13(10-12(14)11-15)16-6-7-18-9-8-17-2/h4-5,10,16H,3,6-9,11H2,1-2H3. The third-order valence-corrected chi connectivity index (χ3v) is 2.80. The molecule has 0 aliphatic rings. The van der Waals surface area contributed by atoms with Crippen LogP contribution in [0.5, 0.6) is 5.75 Å². The van der Waals surface area contributed by atoms with Gasteiger partial charge in [0.1, 0.15) is 5.75 Å². The van der Waals surface area contributed by atoms with Gasteiger partial charge in [-0.25, -0.2) is 0 Å². The molecule has 0 atom stereocenters. The summed E-state index contributed by atoms with van der Waals surface area (Å²) in [5, 5.41) is 3.29. The van der Waals surface area contributed by atoms with Crippen LogP contribution in [-0.4, -0.2) is 40.1 Å². The molecule has 19 heavy (non-hydrogen) atoms. The summed E-state index contributed by atoms with van der Waals surface area (Å²) < 4.78 is 15.8. The van der Waals surface area contributed by atoms with Gasteiger partial charge in [0.15, 0.2) is 0 Å². The molecule has 1 aromatic rings. The van der Waals surface area contributed by atoms with Gasteiger partial charge in [-0.2, -0.15) is 0 Å². The Kier molecular flexibility index (Phi) is 8.38. The number of hydrogen-bond donors (Lipinski definition) is 1. The van der Waals surface area contributed by atoms with Gasteiger partial charge in [0.2, 0.25) is 0 Å². The first kappa shape index (κ1) is 16.1. The summed E-state index contributed by atoms with van der Waals surface area (Å²) in [5.41, 5.74) is 2.02. The first-order chi connectivity index (χ1) is 9.31. The predicted molar refractivity (Wildman–Crippen MR) is 78.4 cm³/mol. The first-order valence-corrected chi connectivity index (χ1v) is 6.97. The van der Waals surface area contributed by atoms with Gasteiger partial charge in [0, 0.05) is 24.9 Å². The Labute approximate surface area is 120 Å². The van der Waals surface area contributed by atoms with Crippen molar-refractivity contribution >= 4 is 17.3 Å². The monoisotopic (exact) mass is 287 g/mol. The lowest BCUT2D eigenvalue weighted by molar-refractivity contribution is 0.0759. The van der Waals surface area contributed by atoms with Crippen LogP contribution < -0.4 is 10.1 Å². The molecule has 0 fully saturated rings. The highest BCUT2D eigenvalue weighted by Gasteiger charge is 2.03. The second-order valence-electron chi connectivity index (χ2n) is 3.92. The van der Waals surface area contributed by atoms with Crippen molar-refractivity contribution in [3.05, 3.63) is 23.8 Å². The third kappa shape index (κ3) is 6.14. The zero-order valence-corrected chi connectivity index (χ0v) is 12.3. The number of anilines is 1. The maximum absolute atomic E-state index is 5.91. The van der Waals surface area contributed by atoms with Crippen LogP contribution in [0.1, 0.15) is 12.5 Å². The minimum atomic E-state index is 0.440. The maximum Gasteiger partial charge on any atom is 0.123 e.